The average Bonchev–Trinajstić information content (AvgIpc) is 3.21. The van der Waals surface area contributed by atoms with Gasteiger partial charge < -0.3 is 9.40 Å². The molecule has 4 rings (SSSR count). The summed E-state index contributed by atoms with van der Waals surface area (Å²) in [6.07, 6.45) is 0.409. The Morgan fingerprint density at radius 1 is 1.09 bits per heavy atom. The normalized spacial score (nSPS) is 11.6. The lowest BCUT2D eigenvalue weighted by atomic mass is 10.0. The second-order valence-corrected chi connectivity index (χ2v) is 8.62. The van der Waals surface area contributed by atoms with Crippen LogP contribution in [0, 0.1) is 5.82 Å². The average molecular weight is 466 g/mol. The molecule has 0 bridgehead atoms. The molecule has 34 heavy (non-hydrogen) atoms. The van der Waals surface area contributed by atoms with E-state index in [0.717, 1.165) is 16.7 Å². The van der Waals surface area contributed by atoms with Crippen LogP contribution in [0.3, 0.4) is 0 Å². The lowest BCUT2D eigenvalue weighted by molar-refractivity contribution is 0.131. The van der Waals surface area contributed by atoms with Crippen molar-refractivity contribution in [3.8, 4) is 11.4 Å². The molecule has 0 aliphatic heterocycles. The van der Waals surface area contributed by atoms with Gasteiger partial charge in [-0.3, -0.25) is 13.9 Å². The molecule has 0 radical (unpaired) electrons. The van der Waals surface area contributed by atoms with E-state index in [9.17, 15) is 14.0 Å². The van der Waals surface area contributed by atoms with E-state index in [1.165, 1.54) is 21.3 Å². The molecule has 2 N–H and O–H groups in total. The van der Waals surface area contributed by atoms with Crippen molar-refractivity contribution in [2.45, 2.75) is 39.3 Å². The summed E-state index contributed by atoms with van der Waals surface area (Å²) in [5.74, 6) is 5.64. The van der Waals surface area contributed by atoms with Crippen LogP contribution in [-0.2, 0) is 25.0 Å². The number of hydrogen-bond donors (Lipinski definition) is 1. The molecule has 0 amide bonds. The van der Waals surface area contributed by atoms with Crippen molar-refractivity contribution in [1.82, 2.24) is 18.7 Å². The van der Waals surface area contributed by atoms with Gasteiger partial charge in [-0.05, 0) is 41.7 Å². The number of fused-ring (bicyclic) bond motifs is 1. The topological polar surface area (TPSA) is 97.1 Å². The van der Waals surface area contributed by atoms with E-state index in [0.29, 0.717) is 29.3 Å². The van der Waals surface area contributed by atoms with Crippen molar-refractivity contribution in [3.05, 3.63) is 86.3 Å². The third-order valence-electron chi connectivity index (χ3n) is 5.94. The number of aromatic nitrogens is 4. The minimum Gasteiger partial charge on any atom is -0.314 e. The summed E-state index contributed by atoms with van der Waals surface area (Å²) in [5.41, 5.74) is 2.49. The first kappa shape index (κ1) is 23.6. The molecule has 9 heteroatoms. The van der Waals surface area contributed by atoms with E-state index in [2.05, 4.69) is 18.7 Å². The molecule has 178 valence electrons. The van der Waals surface area contributed by atoms with Gasteiger partial charge in [0.05, 0.1) is 6.61 Å². The van der Waals surface area contributed by atoms with Crippen LogP contribution >= 0.6 is 0 Å². The minimum absolute atomic E-state index is 0.165. The summed E-state index contributed by atoms with van der Waals surface area (Å²) in [6, 6.07) is 14.1. The first-order valence-corrected chi connectivity index (χ1v) is 11.2. The number of imidazole rings is 1. The third-order valence-corrected chi connectivity index (χ3v) is 5.94. The number of halogens is 1. The molecule has 0 aliphatic carbocycles. The van der Waals surface area contributed by atoms with Gasteiger partial charge in [0.1, 0.15) is 11.6 Å². The van der Waals surface area contributed by atoms with Crippen molar-refractivity contribution >= 4 is 11.2 Å². The van der Waals surface area contributed by atoms with Gasteiger partial charge in [0.15, 0.2) is 11.2 Å². The second kappa shape index (κ2) is 9.74. The van der Waals surface area contributed by atoms with Crippen LogP contribution in [0.4, 0.5) is 4.39 Å². The fraction of sp³-hybridized carbons (Fsp3) is 0.320. The molecule has 2 heterocycles. The largest absolute Gasteiger partial charge is 0.332 e. The summed E-state index contributed by atoms with van der Waals surface area (Å²) >= 11 is 0. The molecule has 2 aromatic carbocycles. The van der Waals surface area contributed by atoms with Crippen LogP contribution in [0.15, 0.2) is 58.1 Å². The lowest BCUT2D eigenvalue weighted by Gasteiger charge is -2.12. The molecule has 4 aromatic rings. The lowest BCUT2D eigenvalue weighted by Crippen LogP contribution is -2.40. The number of aryl methyl sites for hydroxylation is 1. The van der Waals surface area contributed by atoms with Gasteiger partial charge in [-0.1, -0.05) is 44.2 Å². The van der Waals surface area contributed by atoms with Crippen molar-refractivity contribution in [2.75, 3.05) is 6.61 Å². The Balaban J connectivity index is 1.99. The SMILES string of the molecule is CC(C)c1cccc(-c2nc3c(c(=O)n(CCCON)c(=O)n3C)n2Cc2ccc(F)cc2)c1. The smallest absolute Gasteiger partial charge is 0.314 e. The maximum atomic E-state index is 13.5. The van der Waals surface area contributed by atoms with E-state index >= 15 is 0 Å². The van der Waals surface area contributed by atoms with Gasteiger partial charge in [0.25, 0.3) is 5.56 Å². The number of benzene rings is 2. The first-order chi connectivity index (χ1) is 16.3. The number of rotatable bonds is 8. The maximum absolute atomic E-state index is 13.5. The van der Waals surface area contributed by atoms with Gasteiger partial charge in [-0.2, -0.15) is 0 Å². The Morgan fingerprint density at radius 2 is 1.82 bits per heavy atom. The zero-order valence-electron chi connectivity index (χ0n) is 19.5. The molecule has 0 aliphatic rings. The Bertz CT molecular complexity index is 1430. The van der Waals surface area contributed by atoms with Gasteiger partial charge in [0, 0.05) is 25.7 Å². The standard InChI is InChI=1S/C25H28FN5O3/c1-16(2)18-6-4-7-19(14-18)22-28-23-21(31(22)15-17-8-10-20(26)11-9-17)24(32)30(12-5-13-34-27)25(33)29(23)3/h4,6-11,14,16H,5,12-13,15,27H2,1-3H3. The molecule has 8 nitrogen and oxygen atoms in total. The predicted octanol–water partition coefficient (Wildman–Crippen LogP) is 3.15. The number of hydrogen-bond acceptors (Lipinski definition) is 5. The maximum Gasteiger partial charge on any atom is 0.332 e. The molecular weight excluding hydrogens is 437 g/mol. The molecule has 0 atom stereocenters. The Kier molecular flexibility index (Phi) is 6.76. The van der Waals surface area contributed by atoms with E-state index in [1.807, 2.05) is 24.3 Å². The highest BCUT2D eigenvalue weighted by atomic mass is 19.1. The fourth-order valence-electron chi connectivity index (χ4n) is 4.06. The summed E-state index contributed by atoms with van der Waals surface area (Å²) in [7, 11) is 1.60. The van der Waals surface area contributed by atoms with Gasteiger partial charge in [-0.15, -0.1) is 0 Å². The molecular formula is C25H28FN5O3. The zero-order valence-corrected chi connectivity index (χ0v) is 19.5. The molecule has 0 saturated carbocycles. The number of nitrogens with two attached hydrogens (primary N) is 1. The highest BCUT2D eigenvalue weighted by Crippen LogP contribution is 2.27. The van der Waals surface area contributed by atoms with E-state index < -0.39 is 11.2 Å². The van der Waals surface area contributed by atoms with Crippen LogP contribution < -0.4 is 17.1 Å². The molecule has 2 aromatic heterocycles. The van der Waals surface area contributed by atoms with Crippen molar-refractivity contribution < 1.29 is 9.23 Å². The van der Waals surface area contributed by atoms with Crippen LogP contribution in [0.2, 0.25) is 0 Å². The van der Waals surface area contributed by atoms with E-state index in [4.69, 9.17) is 10.9 Å². The summed E-state index contributed by atoms with van der Waals surface area (Å²) < 4.78 is 17.9. The van der Waals surface area contributed by atoms with Crippen molar-refractivity contribution in [2.24, 2.45) is 12.9 Å². The first-order valence-electron chi connectivity index (χ1n) is 11.2. The highest BCUT2D eigenvalue weighted by Gasteiger charge is 2.21. The zero-order chi connectivity index (χ0) is 24.4. The van der Waals surface area contributed by atoms with Crippen LogP contribution in [-0.4, -0.2) is 25.3 Å². The van der Waals surface area contributed by atoms with Gasteiger partial charge in [0.2, 0.25) is 0 Å². The molecule has 0 saturated heterocycles. The molecule has 0 spiro atoms. The minimum atomic E-state index is -0.455. The van der Waals surface area contributed by atoms with Crippen LogP contribution in [0.5, 0.6) is 0 Å². The molecule has 0 fully saturated rings. The van der Waals surface area contributed by atoms with E-state index in [-0.39, 0.29) is 25.5 Å². The van der Waals surface area contributed by atoms with Gasteiger partial charge >= 0.3 is 5.69 Å². The monoisotopic (exact) mass is 465 g/mol. The van der Waals surface area contributed by atoms with Crippen molar-refractivity contribution in [1.29, 1.82) is 0 Å². The molecule has 0 unspecified atom stereocenters. The summed E-state index contributed by atoms with van der Waals surface area (Å²) in [4.78, 5) is 35.8. The van der Waals surface area contributed by atoms with Gasteiger partial charge in [-0.25, -0.2) is 20.1 Å². The van der Waals surface area contributed by atoms with E-state index in [1.54, 1.807) is 23.7 Å². The van der Waals surface area contributed by atoms with Crippen molar-refractivity contribution in [3.63, 3.8) is 0 Å². The second-order valence-electron chi connectivity index (χ2n) is 8.62. The summed E-state index contributed by atoms with van der Waals surface area (Å²) in [5, 5.41) is 0. The predicted molar refractivity (Wildman–Crippen MR) is 129 cm³/mol. The third kappa shape index (κ3) is 4.44. The Hall–Kier alpha value is -3.56. The quantitative estimate of drug-likeness (QED) is 0.319. The Labute approximate surface area is 196 Å². The Morgan fingerprint density at radius 3 is 2.50 bits per heavy atom. The van der Waals surface area contributed by atoms with Crippen LogP contribution in [0.1, 0.15) is 37.3 Å². The summed E-state index contributed by atoms with van der Waals surface area (Å²) in [6.45, 7) is 4.88. The highest BCUT2D eigenvalue weighted by molar-refractivity contribution is 5.77. The van der Waals surface area contributed by atoms with Crippen LogP contribution in [0.25, 0.3) is 22.6 Å². The fourth-order valence-corrected chi connectivity index (χ4v) is 4.06. The number of nitrogens with zero attached hydrogens (tertiary/aromatic N) is 4.